The molecule has 0 amide bonds. The third-order valence-corrected chi connectivity index (χ3v) is 3.29. The molecule has 0 saturated heterocycles. The van der Waals surface area contributed by atoms with E-state index in [4.69, 9.17) is 5.73 Å². The first-order valence-electron chi connectivity index (χ1n) is 6.92. The summed E-state index contributed by atoms with van der Waals surface area (Å²) >= 11 is 0. The average molecular weight is 294 g/mol. The number of para-hydroxylation sites is 1. The van der Waals surface area contributed by atoms with Crippen molar-refractivity contribution >= 4 is 12.2 Å². The number of rotatable bonds is 4. The summed E-state index contributed by atoms with van der Waals surface area (Å²) in [5.74, 6) is -0.356. The Morgan fingerprint density at radius 1 is 1.00 bits per heavy atom. The van der Waals surface area contributed by atoms with Crippen LogP contribution in [0.3, 0.4) is 0 Å². The van der Waals surface area contributed by atoms with Crippen LogP contribution >= 0.6 is 0 Å². The third kappa shape index (κ3) is 2.80. The van der Waals surface area contributed by atoms with Gasteiger partial charge >= 0.3 is 0 Å². The Labute approximate surface area is 127 Å². The Morgan fingerprint density at radius 2 is 1.73 bits per heavy atom. The maximum absolute atomic E-state index is 14.0. The van der Waals surface area contributed by atoms with E-state index in [0.29, 0.717) is 17.1 Å². The summed E-state index contributed by atoms with van der Waals surface area (Å²) in [4.78, 5) is 0. The summed E-state index contributed by atoms with van der Waals surface area (Å²) < 4.78 is 15.5. The molecule has 0 aliphatic heterocycles. The normalized spacial score (nSPS) is 11.2. The van der Waals surface area contributed by atoms with Gasteiger partial charge in [0, 0.05) is 6.54 Å². The molecule has 3 rings (SSSR count). The molecule has 4 nitrogen and oxygen atoms in total. The minimum atomic E-state index is -0.356. The zero-order valence-electron chi connectivity index (χ0n) is 11.9. The smallest absolute Gasteiger partial charge is 0.148 e. The molecule has 0 fully saturated rings. The Hall–Kier alpha value is -2.79. The van der Waals surface area contributed by atoms with Crippen molar-refractivity contribution in [1.29, 1.82) is 0 Å². The van der Waals surface area contributed by atoms with Crippen molar-refractivity contribution in [3.63, 3.8) is 0 Å². The van der Waals surface area contributed by atoms with Gasteiger partial charge in [0.1, 0.15) is 17.2 Å². The van der Waals surface area contributed by atoms with Crippen molar-refractivity contribution < 1.29 is 4.39 Å². The second-order valence-corrected chi connectivity index (χ2v) is 4.73. The Bertz CT molecular complexity index is 793. The van der Waals surface area contributed by atoms with Crippen molar-refractivity contribution in [1.82, 2.24) is 15.0 Å². The summed E-state index contributed by atoms with van der Waals surface area (Å²) in [5, 5.41) is 8.06. The van der Waals surface area contributed by atoms with E-state index in [1.165, 1.54) is 10.7 Å². The maximum atomic E-state index is 14.0. The molecule has 0 unspecified atom stereocenters. The standard InChI is InChI=1S/C17H15FN4/c18-14-8-4-5-9-16(14)22-17(15(12-19)20-21-22)11-10-13-6-2-1-3-7-13/h1-11H,12,19H2/b11-10+. The van der Waals surface area contributed by atoms with E-state index >= 15 is 0 Å². The Balaban J connectivity index is 2.05. The van der Waals surface area contributed by atoms with Crippen LogP contribution in [0.5, 0.6) is 0 Å². The molecule has 0 aliphatic carbocycles. The molecule has 2 aromatic carbocycles. The van der Waals surface area contributed by atoms with Crippen LogP contribution < -0.4 is 5.73 Å². The zero-order chi connectivity index (χ0) is 15.4. The van der Waals surface area contributed by atoms with Gasteiger partial charge in [-0.25, -0.2) is 9.07 Å². The fourth-order valence-electron chi connectivity index (χ4n) is 2.17. The van der Waals surface area contributed by atoms with Gasteiger partial charge in [0.05, 0.1) is 5.69 Å². The van der Waals surface area contributed by atoms with Gasteiger partial charge in [-0.1, -0.05) is 53.8 Å². The fourth-order valence-corrected chi connectivity index (χ4v) is 2.17. The third-order valence-electron chi connectivity index (χ3n) is 3.29. The monoisotopic (exact) mass is 294 g/mol. The summed E-state index contributed by atoms with van der Waals surface area (Å²) in [6, 6.07) is 16.3. The minimum Gasteiger partial charge on any atom is -0.325 e. The van der Waals surface area contributed by atoms with E-state index < -0.39 is 0 Å². The van der Waals surface area contributed by atoms with E-state index in [1.54, 1.807) is 18.2 Å². The predicted molar refractivity (Wildman–Crippen MR) is 84.6 cm³/mol. The highest BCUT2D eigenvalue weighted by Crippen LogP contribution is 2.18. The lowest BCUT2D eigenvalue weighted by molar-refractivity contribution is 0.606. The number of hydrogen-bond acceptors (Lipinski definition) is 3. The lowest BCUT2D eigenvalue weighted by Crippen LogP contribution is -2.04. The first-order chi connectivity index (χ1) is 10.8. The van der Waals surface area contributed by atoms with Gasteiger partial charge < -0.3 is 5.73 Å². The highest BCUT2D eigenvalue weighted by molar-refractivity contribution is 5.69. The molecule has 0 radical (unpaired) electrons. The van der Waals surface area contributed by atoms with Crippen LogP contribution in [0.2, 0.25) is 0 Å². The van der Waals surface area contributed by atoms with E-state index in [2.05, 4.69) is 10.3 Å². The van der Waals surface area contributed by atoms with Crippen LogP contribution in [0.1, 0.15) is 17.0 Å². The molecule has 1 aromatic heterocycles. The first kappa shape index (κ1) is 14.2. The number of benzene rings is 2. The molecule has 110 valence electrons. The molecular weight excluding hydrogens is 279 g/mol. The van der Waals surface area contributed by atoms with Crippen LogP contribution in [-0.2, 0) is 6.54 Å². The van der Waals surface area contributed by atoms with Crippen molar-refractivity contribution in [3.8, 4) is 5.69 Å². The van der Waals surface area contributed by atoms with Crippen LogP contribution in [0.15, 0.2) is 54.6 Å². The van der Waals surface area contributed by atoms with Crippen molar-refractivity contribution in [3.05, 3.63) is 77.4 Å². The van der Waals surface area contributed by atoms with Gasteiger partial charge in [-0.15, -0.1) is 5.10 Å². The van der Waals surface area contributed by atoms with Crippen LogP contribution in [0, 0.1) is 5.82 Å². The van der Waals surface area contributed by atoms with Gasteiger partial charge in [0.25, 0.3) is 0 Å². The maximum Gasteiger partial charge on any atom is 0.148 e. The molecule has 5 heteroatoms. The first-order valence-corrected chi connectivity index (χ1v) is 6.92. The van der Waals surface area contributed by atoms with Gasteiger partial charge in [0.2, 0.25) is 0 Å². The second kappa shape index (κ2) is 6.32. The summed E-state index contributed by atoms with van der Waals surface area (Å²) in [6.07, 6.45) is 3.78. The quantitative estimate of drug-likeness (QED) is 0.804. The highest BCUT2D eigenvalue weighted by Gasteiger charge is 2.13. The lowest BCUT2D eigenvalue weighted by atomic mass is 10.2. The van der Waals surface area contributed by atoms with E-state index in [0.717, 1.165) is 5.56 Å². The van der Waals surface area contributed by atoms with E-state index in [-0.39, 0.29) is 12.4 Å². The zero-order valence-corrected chi connectivity index (χ0v) is 11.9. The molecule has 0 spiro atoms. The SMILES string of the molecule is NCc1nnn(-c2ccccc2F)c1/C=C/c1ccccc1. The summed E-state index contributed by atoms with van der Waals surface area (Å²) in [5.41, 5.74) is 8.39. The fraction of sp³-hybridized carbons (Fsp3) is 0.0588. The molecule has 0 saturated carbocycles. The van der Waals surface area contributed by atoms with Gasteiger partial charge in [-0.05, 0) is 23.8 Å². The lowest BCUT2D eigenvalue weighted by Gasteiger charge is -2.05. The molecule has 0 atom stereocenters. The van der Waals surface area contributed by atoms with Crippen LogP contribution in [0.4, 0.5) is 4.39 Å². The highest BCUT2D eigenvalue weighted by atomic mass is 19.1. The van der Waals surface area contributed by atoms with Crippen molar-refractivity contribution in [2.24, 2.45) is 5.73 Å². The van der Waals surface area contributed by atoms with Crippen LogP contribution in [0.25, 0.3) is 17.8 Å². The van der Waals surface area contributed by atoms with Crippen molar-refractivity contribution in [2.75, 3.05) is 0 Å². The molecule has 0 aliphatic rings. The Morgan fingerprint density at radius 3 is 2.45 bits per heavy atom. The Kier molecular flexibility index (Phi) is 4.07. The predicted octanol–water partition coefficient (Wildman–Crippen LogP) is 3.04. The molecular formula is C17H15FN4. The number of nitrogens with zero attached hydrogens (tertiary/aromatic N) is 3. The average Bonchev–Trinajstić information content (AvgIpc) is 2.97. The second-order valence-electron chi connectivity index (χ2n) is 4.73. The number of aromatic nitrogens is 3. The van der Waals surface area contributed by atoms with Gasteiger partial charge in [0.15, 0.2) is 0 Å². The van der Waals surface area contributed by atoms with Gasteiger partial charge in [-0.3, -0.25) is 0 Å². The largest absolute Gasteiger partial charge is 0.325 e. The van der Waals surface area contributed by atoms with Crippen molar-refractivity contribution in [2.45, 2.75) is 6.54 Å². The number of halogens is 1. The van der Waals surface area contributed by atoms with E-state index in [1.807, 2.05) is 42.5 Å². The van der Waals surface area contributed by atoms with Gasteiger partial charge in [-0.2, -0.15) is 0 Å². The molecule has 3 aromatic rings. The molecule has 22 heavy (non-hydrogen) atoms. The topological polar surface area (TPSA) is 56.7 Å². The summed E-state index contributed by atoms with van der Waals surface area (Å²) in [7, 11) is 0. The number of hydrogen-bond donors (Lipinski definition) is 1. The van der Waals surface area contributed by atoms with E-state index in [9.17, 15) is 4.39 Å². The molecule has 0 bridgehead atoms. The minimum absolute atomic E-state index is 0.239. The molecule has 2 N–H and O–H groups in total. The molecule has 1 heterocycles. The summed E-state index contributed by atoms with van der Waals surface area (Å²) in [6.45, 7) is 0.239. The number of nitrogens with two attached hydrogens (primary N) is 1. The van der Waals surface area contributed by atoms with Crippen LogP contribution in [-0.4, -0.2) is 15.0 Å².